The Kier molecular flexibility index (Phi) is 4.41. The van der Waals surface area contributed by atoms with Gasteiger partial charge in [0, 0.05) is 5.57 Å². The van der Waals surface area contributed by atoms with E-state index in [2.05, 4.69) is 12.6 Å². The van der Waals surface area contributed by atoms with E-state index in [1.54, 1.807) is 6.92 Å². The molecule has 0 radical (unpaired) electrons. The number of fused-ring (bicyclic) bond motifs is 1. The third-order valence-electron chi connectivity index (χ3n) is 2.86. The molecule has 0 fully saturated rings. The van der Waals surface area contributed by atoms with E-state index < -0.39 is 0 Å². The van der Waals surface area contributed by atoms with E-state index in [0.717, 1.165) is 11.1 Å². The zero-order chi connectivity index (χ0) is 14.5. The number of carbonyl (C=O) groups is 1. The van der Waals surface area contributed by atoms with E-state index in [0.29, 0.717) is 5.57 Å². The third kappa shape index (κ3) is 3.60. The highest BCUT2D eigenvalue weighted by molar-refractivity contribution is 5.87. The molecule has 2 rings (SSSR count). The standard InChI is InChI=1S/C17H18O3/c1-12(2)17(18)19-11-13(3)20-16-9-8-14-6-4-5-7-15(14)10-16/h4-10,13H,1,11H2,2-3H3. The van der Waals surface area contributed by atoms with Gasteiger partial charge in [0.15, 0.2) is 0 Å². The SMILES string of the molecule is C=C(C)C(=O)OCC(C)Oc1ccc2ccccc2c1. The predicted molar refractivity (Wildman–Crippen MR) is 79.8 cm³/mol. The van der Waals surface area contributed by atoms with Crippen LogP contribution in [0.5, 0.6) is 5.75 Å². The smallest absolute Gasteiger partial charge is 0.333 e. The molecule has 0 aliphatic heterocycles. The summed E-state index contributed by atoms with van der Waals surface area (Å²) in [4.78, 5) is 11.3. The van der Waals surface area contributed by atoms with Gasteiger partial charge < -0.3 is 9.47 Å². The zero-order valence-electron chi connectivity index (χ0n) is 11.8. The molecule has 0 aliphatic carbocycles. The molecular formula is C17H18O3. The van der Waals surface area contributed by atoms with Gasteiger partial charge >= 0.3 is 5.97 Å². The van der Waals surface area contributed by atoms with Crippen LogP contribution in [0.1, 0.15) is 13.8 Å². The van der Waals surface area contributed by atoms with Crippen molar-refractivity contribution in [1.29, 1.82) is 0 Å². The molecule has 0 amide bonds. The van der Waals surface area contributed by atoms with Crippen molar-refractivity contribution in [3.63, 3.8) is 0 Å². The summed E-state index contributed by atoms with van der Waals surface area (Å²) in [6.45, 7) is 7.23. The summed E-state index contributed by atoms with van der Waals surface area (Å²) < 4.78 is 10.8. The Bertz CT molecular complexity index is 631. The van der Waals surface area contributed by atoms with Crippen LogP contribution < -0.4 is 4.74 Å². The molecule has 0 saturated carbocycles. The Morgan fingerprint density at radius 1 is 1.20 bits per heavy atom. The van der Waals surface area contributed by atoms with Crippen LogP contribution >= 0.6 is 0 Å². The van der Waals surface area contributed by atoms with Crippen molar-refractivity contribution >= 4 is 16.7 Å². The molecule has 0 N–H and O–H groups in total. The van der Waals surface area contributed by atoms with Crippen LogP contribution in [0.3, 0.4) is 0 Å². The Balaban J connectivity index is 1.97. The van der Waals surface area contributed by atoms with Crippen LogP contribution in [0.4, 0.5) is 0 Å². The summed E-state index contributed by atoms with van der Waals surface area (Å²) >= 11 is 0. The lowest BCUT2D eigenvalue weighted by Gasteiger charge is -2.15. The van der Waals surface area contributed by atoms with E-state index in [9.17, 15) is 4.79 Å². The Morgan fingerprint density at radius 2 is 1.90 bits per heavy atom. The summed E-state index contributed by atoms with van der Waals surface area (Å²) in [6.07, 6.45) is -0.209. The molecule has 3 heteroatoms. The van der Waals surface area contributed by atoms with Gasteiger partial charge in [-0.2, -0.15) is 0 Å². The summed E-state index contributed by atoms with van der Waals surface area (Å²) in [6, 6.07) is 14.0. The Hall–Kier alpha value is -2.29. The number of hydrogen-bond acceptors (Lipinski definition) is 3. The second kappa shape index (κ2) is 6.24. The first kappa shape index (κ1) is 14.1. The molecule has 0 aliphatic rings. The second-order valence-electron chi connectivity index (χ2n) is 4.82. The lowest BCUT2D eigenvalue weighted by atomic mass is 10.1. The van der Waals surface area contributed by atoms with Gasteiger partial charge in [-0.25, -0.2) is 4.79 Å². The van der Waals surface area contributed by atoms with Crippen molar-refractivity contribution in [2.24, 2.45) is 0 Å². The second-order valence-corrected chi connectivity index (χ2v) is 4.82. The van der Waals surface area contributed by atoms with Gasteiger partial charge in [-0.15, -0.1) is 0 Å². The lowest BCUT2D eigenvalue weighted by Crippen LogP contribution is -2.21. The molecule has 2 aromatic carbocycles. The van der Waals surface area contributed by atoms with E-state index in [1.807, 2.05) is 43.3 Å². The molecule has 0 bridgehead atoms. The first-order valence-electron chi connectivity index (χ1n) is 6.54. The van der Waals surface area contributed by atoms with E-state index in [4.69, 9.17) is 9.47 Å². The molecule has 3 nitrogen and oxygen atoms in total. The highest BCUT2D eigenvalue weighted by atomic mass is 16.6. The monoisotopic (exact) mass is 270 g/mol. The van der Waals surface area contributed by atoms with Gasteiger partial charge in [0.05, 0.1) is 0 Å². The minimum Gasteiger partial charge on any atom is -0.487 e. The minimum absolute atomic E-state index is 0.207. The summed E-state index contributed by atoms with van der Waals surface area (Å²) in [5, 5.41) is 2.29. The first-order chi connectivity index (χ1) is 9.56. The quantitative estimate of drug-likeness (QED) is 0.613. The van der Waals surface area contributed by atoms with E-state index >= 15 is 0 Å². The minimum atomic E-state index is -0.390. The molecular weight excluding hydrogens is 252 g/mol. The maximum absolute atomic E-state index is 11.3. The average Bonchev–Trinajstić information content (AvgIpc) is 2.44. The molecule has 0 aromatic heterocycles. The van der Waals surface area contributed by atoms with Gasteiger partial charge in [-0.1, -0.05) is 36.9 Å². The Morgan fingerprint density at radius 3 is 2.60 bits per heavy atom. The highest BCUT2D eigenvalue weighted by Crippen LogP contribution is 2.21. The molecule has 104 valence electrons. The number of benzene rings is 2. The van der Waals surface area contributed by atoms with Gasteiger partial charge in [-0.3, -0.25) is 0 Å². The van der Waals surface area contributed by atoms with Crippen molar-refractivity contribution in [1.82, 2.24) is 0 Å². The molecule has 0 spiro atoms. The number of hydrogen-bond donors (Lipinski definition) is 0. The predicted octanol–water partition coefficient (Wildman–Crippen LogP) is 3.73. The van der Waals surface area contributed by atoms with E-state index in [1.165, 1.54) is 5.39 Å². The molecule has 2 aromatic rings. The van der Waals surface area contributed by atoms with Crippen LogP contribution in [0.2, 0.25) is 0 Å². The van der Waals surface area contributed by atoms with Gasteiger partial charge in [0.2, 0.25) is 0 Å². The fourth-order valence-electron chi connectivity index (χ4n) is 1.82. The maximum atomic E-state index is 11.3. The van der Waals surface area contributed by atoms with Crippen molar-refractivity contribution in [3.8, 4) is 5.75 Å². The van der Waals surface area contributed by atoms with Crippen LogP contribution in [-0.2, 0) is 9.53 Å². The first-order valence-corrected chi connectivity index (χ1v) is 6.54. The van der Waals surface area contributed by atoms with Crippen molar-refractivity contribution in [3.05, 3.63) is 54.6 Å². The van der Waals surface area contributed by atoms with Crippen LogP contribution in [-0.4, -0.2) is 18.7 Å². The van der Waals surface area contributed by atoms with Gasteiger partial charge in [0.25, 0.3) is 0 Å². The molecule has 1 unspecified atom stereocenters. The van der Waals surface area contributed by atoms with E-state index in [-0.39, 0.29) is 18.7 Å². The number of esters is 1. The third-order valence-corrected chi connectivity index (χ3v) is 2.86. The largest absolute Gasteiger partial charge is 0.487 e. The van der Waals surface area contributed by atoms with Crippen LogP contribution in [0.25, 0.3) is 10.8 Å². The normalized spacial score (nSPS) is 11.9. The average molecular weight is 270 g/mol. The summed E-state index contributed by atoms with van der Waals surface area (Å²) in [7, 11) is 0. The molecule has 1 atom stereocenters. The topological polar surface area (TPSA) is 35.5 Å². The number of ether oxygens (including phenoxy) is 2. The fourth-order valence-corrected chi connectivity index (χ4v) is 1.82. The highest BCUT2D eigenvalue weighted by Gasteiger charge is 2.09. The fraction of sp³-hybridized carbons (Fsp3) is 0.235. The van der Waals surface area contributed by atoms with Crippen molar-refractivity contribution in [2.45, 2.75) is 20.0 Å². The zero-order valence-corrected chi connectivity index (χ0v) is 11.8. The molecule has 0 heterocycles. The maximum Gasteiger partial charge on any atom is 0.333 e. The van der Waals surface area contributed by atoms with Crippen LogP contribution in [0.15, 0.2) is 54.6 Å². The van der Waals surface area contributed by atoms with Crippen molar-refractivity contribution in [2.75, 3.05) is 6.61 Å². The van der Waals surface area contributed by atoms with Crippen LogP contribution in [0, 0.1) is 0 Å². The number of rotatable bonds is 5. The number of carbonyl (C=O) groups excluding carboxylic acids is 1. The molecule has 0 saturated heterocycles. The van der Waals surface area contributed by atoms with Crippen molar-refractivity contribution < 1.29 is 14.3 Å². The Labute approximate surface area is 118 Å². The summed E-state index contributed by atoms with van der Waals surface area (Å²) in [5.41, 5.74) is 0.392. The van der Waals surface area contributed by atoms with Gasteiger partial charge in [-0.05, 0) is 36.8 Å². The molecule has 20 heavy (non-hydrogen) atoms. The summed E-state index contributed by atoms with van der Waals surface area (Å²) in [5.74, 6) is 0.376. The van der Waals surface area contributed by atoms with Gasteiger partial charge in [0.1, 0.15) is 18.5 Å². The lowest BCUT2D eigenvalue weighted by molar-refractivity contribution is -0.141.